The Morgan fingerprint density at radius 2 is 2.11 bits per heavy atom. The lowest BCUT2D eigenvalue weighted by molar-refractivity contribution is 0.439. The first kappa shape index (κ1) is 14.1. The molecule has 19 heavy (non-hydrogen) atoms. The molecule has 2 rings (SSSR count). The molecular weight excluding hydrogens is 262 g/mol. The first-order valence-electron chi connectivity index (χ1n) is 6.54. The smallest absolute Gasteiger partial charge is 0.240 e. The lowest BCUT2D eigenvalue weighted by atomic mass is 9.98. The second kappa shape index (κ2) is 5.38. The molecule has 0 radical (unpaired) electrons. The molecule has 0 amide bonds. The second-order valence-electron chi connectivity index (χ2n) is 5.35. The molecule has 0 heterocycles. The van der Waals surface area contributed by atoms with Crippen LogP contribution in [-0.2, 0) is 10.0 Å². The molecule has 5 nitrogen and oxygen atoms in total. The summed E-state index contributed by atoms with van der Waals surface area (Å²) in [6, 6.07) is 4.78. The zero-order chi connectivity index (χ0) is 14.0. The van der Waals surface area contributed by atoms with E-state index in [1.807, 2.05) is 0 Å². The Labute approximate surface area is 114 Å². The van der Waals surface area contributed by atoms with E-state index in [2.05, 4.69) is 12.2 Å². The van der Waals surface area contributed by atoms with Gasteiger partial charge in [0.25, 0.3) is 0 Å². The van der Waals surface area contributed by atoms with Crippen molar-refractivity contribution in [2.75, 3.05) is 17.6 Å². The second-order valence-corrected chi connectivity index (χ2v) is 6.88. The van der Waals surface area contributed by atoms with Gasteiger partial charge in [0.05, 0.1) is 5.69 Å². The van der Waals surface area contributed by atoms with Gasteiger partial charge in [-0.25, -0.2) is 13.6 Å². The van der Waals surface area contributed by atoms with Gasteiger partial charge in [-0.3, -0.25) is 0 Å². The fourth-order valence-electron chi connectivity index (χ4n) is 2.69. The third kappa shape index (κ3) is 3.39. The van der Waals surface area contributed by atoms with Crippen LogP contribution in [0.15, 0.2) is 23.1 Å². The van der Waals surface area contributed by atoms with Crippen molar-refractivity contribution in [3.8, 4) is 0 Å². The lowest BCUT2D eigenvalue weighted by Gasteiger charge is -2.17. The third-order valence-electron chi connectivity index (χ3n) is 3.92. The van der Waals surface area contributed by atoms with E-state index in [1.54, 1.807) is 12.1 Å². The predicted octanol–water partition coefficient (Wildman–Crippen LogP) is 1.76. The summed E-state index contributed by atoms with van der Waals surface area (Å²) >= 11 is 0. The van der Waals surface area contributed by atoms with Crippen molar-refractivity contribution in [3.63, 3.8) is 0 Å². The average molecular weight is 283 g/mol. The number of sulfonamides is 1. The van der Waals surface area contributed by atoms with Crippen LogP contribution in [0.5, 0.6) is 0 Å². The largest absolute Gasteiger partial charge is 0.398 e. The first-order chi connectivity index (χ1) is 8.88. The van der Waals surface area contributed by atoms with Gasteiger partial charge in [0.1, 0.15) is 4.90 Å². The van der Waals surface area contributed by atoms with Crippen LogP contribution in [0.1, 0.15) is 26.2 Å². The molecule has 0 saturated heterocycles. The van der Waals surface area contributed by atoms with Crippen molar-refractivity contribution in [1.82, 2.24) is 0 Å². The van der Waals surface area contributed by atoms with E-state index in [0.717, 1.165) is 18.2 Å². The van der Waals surface area contributed by atoms with Gasteiger partial charge in [0.15, 0.2) is 0 Å². The first-order valence-corrected chi connectivity index (χ1v) is 8.09. The highest BCUT2D eigenvalue weighted by Crippen LogP contribution is 2.31. The minimum atomic E-state index is -3.74. The minimum absolute atomic E-state index is 0.0210. The molecule has 1 aromatic carbocycles. The molecular formula is C13H21N3O2S. The van der Waals surface area contributed by atoms with Crippen LogP contribution in [0.25, 0.3) is 0 Å². The molecule has 106 valence electrons. The Morgan fingerprint density at radius 1 is 1.37 bits per heavy atom. The summed E-state index contributed by atoms with van der Waals surface area (Å²) in [6.07, 6.45) is 3.83. The number of hydrogen-bond donors (Lipinski definition) is 3. The minimum Gasteiger partial charge on any atom is -0.398 e. The fraction of sp³-hybridized carbons (Fsp3) is 0.538. The molecule has 0 aliphatic heterocycles. The molecule has 2 atom stereocenters. The van der Waals surface area contributed by atoms with E-state index in [4.69, 9.17) is 10.9 Å². The number of rotatable bonds is 4. The number of hydrogen-bond acceptors (Lipinski definition) is 4. The quantitative estimate of drug-likeness (QED) is 0.733. The zero-order valence-corrected chi connectivity index (χ0v) is 11.9. The predicted molar refractivity (Wildman–Crippen MR) is 77.2 cm³/mol. The maximum atomic E-state index is 11.3. The van der Waals surface area contributed by atoms with E-state index < -0.39 is 10.0 Å². The van der Waals surface area contributed by atoms with Crippen LogP contribution in [0.4, 0.5) is 11.4 Å². The Bertz CT molecular complexity index is 557. The van der Waals surface area contributed by atoms with Crippen LogP contribution in [0.2, 0.25) is 0 Å². The maximum absolute atomic E-state index is 11.3. The Kier molecular flexibility index (Phi) is 4.01. The molecule has 1 aromatic rings. The van der Waals surface area contributed by atoms with Crippen molar-refractivity contribution >= 4 is 21.4 Å². The highest BCUT2D eigenvalue weighted by molar-refractivity contribution is 7.89. The number of anilines is 2. The SMILES string of the molecule is CC1CCCC1CNc1ccc(S(N)(=O)=O)c(N)c1. The van der Waals surface area contributed by atoms with Crippen LogP contribution >= 0.6 is 0 Å². The Morgan fingerprint density at radius 3 is 2.63 bits per heavy atom. The zero-order valence-electron chi connectivity index (χ0n) is 11.1. The van der Waals surface area contributed by atoms with Crippen molar-refractivity contribution in [3.05, 3.63) is 18.2 Å². The fourth-order valence-corrected chi connectivity index (χ4v) is 3.34. The third-order valence-corrected chi connectivity index (χ3v) is 4.91. The van der Waals surface area contributed by atoms with Gasteiger partial charge in [0, 0.05) is 12.2 Å². The molecule has 6 heteroatoms. The molecule has 5 N–H and O–H groups in total. The standard InChI is InChI=1S/C13H21N3O2S/c1-9-3-2-4-10(9)8-16-11-5-6-13(12(14)7-11)19(15,17)18/h5-7,9-10,16H,2-4,8,14H2,1H3,(H2,15,17,18). The highest BCUT2D eigenvalue weighted by Gasteiger charge is 2.22. The Hall–Kier alpha value is -1.27. The molecule has 0 spiro atoms. The van der Waals surface area contributed by atoms with Gasteiger partial charge in [-0.2, -0.15) is 0 Å². The normalized spacial score (nSPS) is 23.5. The number of primary sulfonamides is 1. The van der Waals surface area contributed by atoms with Crippen LogP contribution < -0.4 is 16.2 Å². The number of nitrogens with two attached hydrogens (primary N) is 2. The summed E-state index contributed by atoms with van der Waals surface area (Å²) in [7, 11) is -3.74. The monoisotopic (exact) mass is 283 g/mol. The number of nitrogen functional groups attached to an aromatic ring is 1. The summed E-state index contributed by atoms with van der Waals surface area (Å²) in [5, 5.41) is 8.39. The van der Waals surface area contributed by atoms with Gasteiger partial charge < -0.3 is 11.1 Å². The van der Waals surface area contributed by atoms with Crippen LogP contribution in [0.3, 0.4) is 0 Å². The van der Waals surface area contributed by atoms with Crippen molar-refractivity contribution in [2.45, 2.75) is 31.1 Å². The van der Waals surface area contributed by atoms with E-state index in [1.165, 1.54) is 25.3 Å². The van der Waals surface area contributed by atoms with E-state index in [0.29, 0.717) is 5.92 Å². The van der Waals surface area contributed by atoms with E-state index in [9.17, 15) is 8.42 Å². The molecule has 2 unspecified atom stereocenters. The van der Waals surface area contributed by atoms with Gasteiger partial charge in [0.2, 0.25) is 10.0 Å². The molecule has 1 aliphatic rings. The van der Waals surface area contributed by atoms with Crippen molar-refractivity contribution in [1.29, 1.82) is 0 Å². The van der Waals surface area contributed by atoms with Gasteiger partial charge in [-0.15, -0.1) is 0 Å². The molecule has 0 bridgehead atoms. The van der Waals surface area contributed by atoms with Gasteiger partial charge in [-0.1, -0.05) is 19.8 Å². The summed E-state index contributed by atoms with van der Waals surface area (Å²) < 4.78 is 22.5. The molecule has 0 aromatic heterocycles. The summed E-state index contributed by atoms with van der Waals surface area (Å²) in [6.45, 7) is 3.17. The highest BCUT2D eigenvalue weighted by atomic mass is 32.2. The molecule has 1 fully saturated rings. The summed E-state index contributed by atoms with van der Waals surface area (Å²) in [5.41, 5.74) is 6.74. The van der Waals surface area contributed by atoms with E-state index in [-0.39, 0.29) is 10.6 Å². The summed E-state index contributed by atoms with van der Waals surface area (Å²) in [5.74, 6) is 1.42. The Balaban J connectivity index is 2.04. The van der Waals surface area contributed by atoms with Gasteiger partial charge >= 0.3 is 0 Å². The van der Waals surface area contributed by atoms with Crippen LogP contribution in [-0.4, -0.2) is 15.0 Å². The van der Waals surface area contributed by atoms with Crippen molar-refractivity contribution < 1.29 is 8.42 Å². The lowest BCUT2D eigenvalue weighted by Crippen LogP contribution is -2.17. The summed E-state index contributed by atoms with van der Waals surface area (Å²) in [4.78, 5) is -0.0210. The van der Waals surface area contributed by atoms with Gasteiger partial charge in [-0.05, 0) is 36.5 Å². The number of nitrogens with one attached hydrogen (secondary N) is 1. The maximum Gasteiger partial charge on any atom is 0.240 e. The van der Waals surface area contributed by atoms with E-state index >= 15 is 0 Å². The molecule has 1 aliphatic carbocycles. The topological polar surface area (TPSA) is 98.2 Å². The number of benzene rings is 1. The van der Waals surface area contributed by atoms with Crippen molar-refractivity contribution in [2.24, 2.45) is 17.0 Å². The molecule has 1 saturated carbocycles. The average Bonchev–Trinajstić information content (AvgIpc) is 2.70. The van der Waals surface area contributed by atoms with Crippen LogP contribution in [0, 0.1) is 11.8 Å².